The van der Waals surface area contributed by atoms with Crippen LogP contribution in [0.15, 0.2) is 41.2 Å². The van der Waals surface area contributed by atoms with E-state index in [0.717, 1.165) is 24.9 Å². The third-order valence-electron chi connectivity index (χ3n) is 5.71. The van der Waals surface area contributed by atoms with E-state index in [0.29, 0.717) is 16.8 Å². The summed E-state index contributed by atoms with van der Waals surface area (Å²) in [6, 6.07) is 8.79. The van der Waals surface area contributed by atoms with Gasteiger partial charge in [-0.1, -0.05) is 0 Å². The molecule has 1 saturated carbocycles. The van der Waals surface area contributed by atoms with Gasteiger partial charge in [-0.25, -0.2) is 9.18 Å². The van der Waals surface area contributed by atoms with Crippen LogP contribution in [0.1, 0.15) is 45.6 Å². The Morgan fingerprint density at radius 2 is 1.73 bits per heavy atom. The Kier molecular flexibility index (Phi) is 7.25. The molecule has 0 bridgehead atoms. The molecule has 8 heteroatoms. The van der Waals surface area contributed by atoms with Gasteiger partial charge in [0, 0.05) is 24.8 Å². The molecule has 1 aliphatic heterocycles. The fourth-order valence-electron chi connectivity index (χ4n) is 3.79. The second-order valence-electron chi connectivity index (χ2n) is 9.58. The molecule has 1 aromatic carbocycles. The normalized spacial score (nSPS) is 19.6. The number of carbonyl (C=O) groups is 2. The molecule has 1 aliphatic carbocycles. The van der Waals surface area contributed by atoms with E-state index in [1.54, 1.807) is 25.1 Å². The molecule has 2 aliphatic rings. The molecule has 178 valence electrons. The quantitative estimate of drug-likeness (QED) is 0.692. The number of benzene rings is 1. The number of aromatic nitrogens is 1. The average Bonchev–Trinajstić information content (AvgIpc) is 3.36. The van der Waals surface area contributed by atoms with Crippen molar-refractivity contribution in [2.24, 2.45) is 11.8 Å². The number of hydrogen-bond donors (Lipinski definition) is 1. The van der Waals surface area contributed by atoms with E-state index in [9.17, 15) is 18.8 Å². The highest BCUT2D eigenvalue weighted by molar-refractivity contribution is 5.78. The smallest absolute Gasteiger partial charge is 0.410 e. The van der Waals surface area contributed by atoms with Gasteiger partial charge in [-0.15, -0.1) is 0 Å². The number of piperidine rings is 1. The van der Waals surface area contributed by atoms with E-state index >= 15 is 0 Å². The third kappa shape index (κ3) is 6.66. The van der Waals surface area contributed by atoms with Crippen molar-refractivity contribution in [2.75, 3.05) is 20.2 Å². The third-order valence-corrected chi connectivity index (χ3v) is 5.71. The van der Waals surface area contributed by atoms with Crippen molar-refractivity contribution in [3.8, 4) is 11.3 Å². The number of aromatic amines is 1. The second kappa shape index (κ2) is 9.77. The van der Waals surface area contributed by atoms with Crippen LogP contribution in [0.3, 0.4) is 0 Å². The number of esters is 1. The van der Waals surface area contributed by atoms with Crippen molar-refractivity contribution in [1.82, 2.24) is 9.88 Å². The van der Waals surface area contributed by atoms with Crippen LogP contribution in [-0.2, 0) is 14.3 Å². The molecule has 1 aromatic heterocycles. The Morgan fingerprint density at radius 1 is 1.12 bits per heavy atom. The summed E-state index contributed by atoms with van der Waals surface area (Å²) in [6.45, 7) is 9.21. The summed E-state index contributed by atoms with van der Waals surface area (Å²) in [5.74, 6) is 0.261. The number of nitrogens with one attached hydrogen (secondary N) is 1. The molecule has 1 saturated heterocycles. The summed E-state index contributed by atoms with van der Waals surface area (Å²) < 4.78 is 22.9. The summed E-state index contributed by atoms with van der Waals surface area (Å²) in [5, 5.41) is 0. The minimum atomic E-state index is -0.540. The predicted molar refractivity (Wildman–Crippen MR) is 122 cm³/mol. The Morgan fingerprint density at radius 3 is 2.27 bits per heavy atom. The maximum Gasteiger partial charge on any atom is 0.410 e. The lowest BCUT2D eigenvalue weighted by molar-refractivity contribution is -0.142. The van der Waals surface area contributed by atoms with E-state index in [4.69, 9.17) is 4.74 Å². The van der Waals surface area contributed by atoms with Crippen LogP contribution in [0.2, 0.25) is 0 Å². The van der Waals surface area contributed by atoms with Gasteiger partial charge in [0.05, 0.1) is 13.0 Å². The molecular weight excluding hydrogens is 427 g/mol. The summed E-state index contributed by atoms with van der Waals surface area (Å²) >= 11 is 0. The first-order chi connectivity index (χ1) is 15.5. The van der Waals surface area contributed by atoms with Crippen molar-refractivity contribution in [3.63, 3.8) is 0 Å². The monoisotopic (exact) mass is 458 g/mol. The van der Waals surface area contributed by atoms with Crippen molar-refractivity contribution in [2.45, 2.75) is 45.6 Å². The standard InChI is InChI=1S/C15H14FNO3.C10H17NO2/c1-9(15(19)20-2)11-7-13(17-14(18)8-11)10-3-5-12(16)6-4-10;1-10(2,3)13-9(12)11-5-7-4-8(7)6-11/h3-9H,1-2H3,(H,17,18);7-8H,4-6H2,1-3H3. The number of halogens is 1. The van der Waals surface area contributed by atoms with Gasteiger partial charge in [0.25, 0.3) is 0 Å². The largest absolute Gasteiger partial charge is 0.469 e. The van der Waals surface area contributed by atoms with E-state index in [1.165, 1.54) is 31.7 Å². The lowest BCUT2D eigenvalue weighted by Gasteiger charge is -2.25. The number of ether oxygens (including phenoxy) is 2. The number of fused-ring (bicyclic) bond motifs is 1. The second-order valence-corrected chi connectivity index (χ2v) is 9.58. The van der Waals surface area contributed by atoms with E-state index in [2.05, 4.69) is 9.72 Å². The van der Waals surface area contributed by atoms with E-state index < -0.39 is 11.9 Å². The highest BCUT2D eigenvalue weighted by atomic mass is 19.1. The maximum atomic E-state index is 12.9. The van der Waals surface area contributed by atoms with Gasteiger partial charge in [-0.05, 0) is 87.4 Å². The molecule has 3 atom stereocenters. The number of hydrogen-bond acceptors (Lipinski definition) is 5. The van der Waals surface area contributed by atoms with Crippen LogP contribution in [-0.4, -0.2) is 47.7 Å². The SMILES string of the molecule is CC(C)(C)OC(=O)N1CC2CC2C1.COC(=O)C(C)c1cc(-c2ccc(F)cc2)[nH]c(=O)c1. The number of H-pyrrole nitrogens is 1. The van der Waals surface area contributed by atoms with Gasteiger partial charge in [-0.3, -0.25) is 9.59 Å². The minimum absolute atomic E-state index is 0.139. The zero-order valence-electron chi connectivity index (χ0n) is 19.7. The number of rotatable bonds is 3. The molecule has 2 aromatic rings. The van der Waals surface area contributed by atoms with Crippen molar-refractivity contribution in [1.29, 1.82) is 0 Å². The first-order valence-electron chi connectivity index (χ1n) is 11.0. The van der Waals surface area contributed by atoms with Gasteiger partial charge < -0.3 is 19.4 Å². The van der Waals surface area contributed by atoms with Crippen LogP contribution in [0.4, 0.5) is 9.18 Å². The Hall–Kier alpha value is -3.16. The minimum Gasteiger partial charge on any atom is -0.469 e. The molecule has 7 nitrogen and oxygen atoms in total. The van der Waals surface area contributed by atoms with Crippen molar-refractivity contribution >= 4 is 12.1 Å². The molecule has 0 radical (unpaired) electrons. The number of likely N-dealkylation sites (tertiary alicyclic amines) is 1. The van der Waals surface area contributed by atoms with Crippen LogP contribution in [0, 0.1) is 17.7 Å². The summed E-state index contributed by atoms with van der Waals surface area (Å²) in [6.07, 6.45) is 1.18. The molecule has 1 amide bonds. The fourth-order valence-corrected chi connectivity index (χ4v) is 3.79. The molecule has 1 N–H and O–H groups in total. The maximum absolute atomic E-state index is 12.9. The number of amides is 1. The molecular formula is C25H31FN2O5. The lowest BCUT2D eigenvalue weighted by atomic mass is 10.00. The predicted octanol–water partition coefficient (Wildman–Crippen LogP) is 4.33. The highest BCUT2D eigenvalue weighted by Gasteiger charge is 2.47. The van der Waals surface area contributed by atoms with Crippen LogP contribution >= 0.6 is 0 Å². The Bertz CT molecular complexity index is 1050. The fraction of sp³-hybridized carbons (Fsp3) is 0.480. The summed E-state index contributed by atoms with van der Waals surface area (Å²) in [4.78, 5) is 39.3. The molecule has 33 heavy (non-hydrogen) atoms. The van der Waals surface area contributed by atoms with E-state index in [-0.39, 0.29) is 23.1 Å². The Labute approximate surface area is 192 Å². The number of methoxy groups -OCH3 is 1. The molecule has 4 rings (SSSR count). The summed E-state index contributed by atoms with van der Waals surface area (Å²) in [7, 11) is 1.30. The van der Waals surface area contributed by atoms with Gasteiger partial charge in [0.1, 0.15) is 11.4 Å². The van der Waals surface area contributed by atoms with Crippen LogP contribution in [0.25, 0.3) is 11.3 Å². The zero-order valence-corrected chi connectivity index (χ0v) is 19.7. The highest BCUT2D eigenvalue weighted by Crippen LogP contribution is 2.45. The lowest BCUT2D eigenvalue weighted by Crippen LogP contribution is -2.36. The number of nitrogens with zero attached hydrogens (tertiary/aromatic N) is 1. The average molecular weight is 459 g/mol. The summed E-state index contributed by atoms with van der Waals surface area (Å²) in [5.41, 5.74) is 1.08. The van der Waals surface area contributed by atoms with Crippen molar-refractivity contribution in [3.05, 3.63) is 58.1 Å². The van der Waals surface area contributed by atoms with Gasteiger partial charge in [-0.2, -0.15) is 0 Å². The molecule has 0 spiro atoms. The van der Waals surface area contributed by atoms with Crippen molar-refractivity contribution < 1.29 is 23.5 Å². The van der Waals surface area contributed by atoms with Gasteiger partial charge in [0.15, 0.2) is 0 Å². The van der Waals surface area contributed by atoms with Crippen LogP contribution in [0.5, 0.6) is 0 Å². The molecule has 2 fully saturated rings. The first-order valence-corrected chi connectivity index (χ1v) is 11.0. The topological polar surface area (TPSA) is 88.7 Å². The zero-order chi connectivity index (χ0) is 24.3. The first kappa shape index (κ1) is 24.5. The number of carbonyl (C=O) groups excluding carboxylic acids is 2. The van der Waals surface area contributed by atoms with E-state index in [1.807, 2.05) is 25.7 Å². The molecule has 2 heterocycles. The van der Waals surface area contributed by atoms with Gasteiger partial charge >= 0.3 is 12.1 Å². The van der Waals surface area contributed by atoms with Crippen LogP contribution < -0.4 is 5.56 Å². The van der Waals surface area contributed by atoms with Gasteiger partial charge in [0.2, 0.25) is 5.56 Å². The Balaban J connectivity index is 0.000000203. The number of pyridine rings is 1. The molecule has 3 unspecified atom stereocenters.